The van der Waals surface area contributed by atoms with Crippen LogP contribution in [0.5, 0.6) is 0 Å². The topological polar surface area (TPSA) is 32.8 Å². The van der Waals surface area contributed by atoms with Gasteiger partial charge in [-0.15, -0.1) is 0 Å². The van der Waals surface area contributed by atoms with Gasteiger partial charge >= 0.3 is 5.97 Å². The summed E-state index contributed by atoms with van der Waals surface area (Å²) in [6, 6.07) is 24.1. The van der Waals surface area contributed by atoms with Crippen LogP contribution >= 0.6 is 0 Å². The highest BCUT2D eigenvalue weighted by Gasteiger charge is 2.29. The molecule has 156 valence electrons. The maximum Gasteiger partial charge on any atom is 0.337 e. The number of esters is 1. The Kier molecular flexibility index (Phi) is 6.16. The normalized spacial score (nSPS) is 20.4. The molecule has 2 atom stereocenters. The van der Waals surface area contributed by atoms with E-state index in [1.807, 2.05) is 24.3 Å². The van der Waals surface area contributed by atoms with E-state index in [9.17, 15) is 4.79 Å². The van der Waals surface area contributed by atoms with Crippen LogP contribution in [0.4, 0.5) is 0 Å². The SMILES string of the molecule is COC(=O)c1ccc(CN2[C@H](C)CN(Cc3ccc4ccccc4c3)C[C@@H]2C)cc1. The Morgan fingerprint density at radius 1 is 0.867 bits per heavy atom. The van der Waals surface area contributed by atoms with Gasteiger partial charge in [0.1, 0.15) is 0 Å². The molecule has 0 aliphatic carbocycles. The van der Waals surface area contributed by atoms with Crippen LogP contribution in [0.15, 0.2) is 66.7 Å². The molecule has 0 aromatic heterocycles. The van der Waals surface area contributed by atoms with Gasteiger partial charge in [0.25, 0.3) is 0 Å². The quantitative estimate of drug-likeness (QED) is 0.578. The number of methoxy groups -OCH3 is 1. The number of hydrogen-bond donors (Lipinski definition) is 0. The number of hydrogen-bond acceptors (Lipinski definition) is 4. The van der Waals surface area contributed by atoms with Crippen molar-refractivity contribution in [3.63, 3.8) is 0 Å². The molecular weight excluding hydrogens is 372 g/mol. The summed E-state index contributed by atoms with van der Waals surface area (Å²) in [4.78, 5) is 16.8. The first kappa shape index (κ1) is 20.6. The summed E-state index contributed by atoms with van der Waals surface area (Å²) in [7, 11) is 1.41. The first-order valence-electron chi connectivity index (χ1n) is 10.7. The third-order valence-corrected chi connectivity index (χ3v) is 6.14. The second kappa shape index (κ2) is 8.99. The summed E-state index contributed by atoms with van der Waals surface area (Å²) >= 11 is 0. The van der Waals surface area contributed by atoms with E-state index >= 15 is 0 Å². The van der Waals surface area contributed by atoms with E-state index in [1.54, 1.807) is 0 Å². The maximum atomic E-state index is 11.6. The molecule has 0 unspecified atom stereocenters. The molecule has 4 heteroatoms. The molecule has 0 N–H and O–H groups in total. The summed E-state index contributed by atoms with van der Waals surface area (Å²) in [5, 5.41) is 2.61. The molecular formula is C26H30N2O2. The van der Waals surface area contributed by atoms with Gasteiger partial charge in [-0.3, -0.25) is 9.80 Å². The Bertz CT molecular complexity index is 1000. The second-order valence-corrected chi connectivity index (χ2v) is 8.43. The van der Waals surface area contributed by atoms with Gasteiger partial charge in [0.2, 0.25) is 0 Å². The van der Waals surface area contributed by atoms with Crippen LogP contribution < -0.4 is 0 Å². The molecule has 1 fully saturated rings. The molecule has 0 bridgehead atoms. The molecule has 30 heavy (non-hydrogen) atoms. The molecule has 1 saturated heterocycles. The monoisotopic (exact) mass is 402 g/mol. The third-order valence-electron chi connectivity index (χ3n) is 6.14. The molecule has 0 radical (unpaired) electrons. The van der Waals surface area contributed by atoms with Crippen LogP contribution in [-0.2, 0) is 17.8 Å². The van der Waals surface area contributed by atoms with Gasteiger partial charge in [0.05, 0.1) is 12.7 Å². The maximum absolute atomic E-state index is 11.6. The van der Waals surface area contributed by atoms with E-state index in [2.05, 4.69) is 66.1 Å². The van der Waals surface area contributed by atoms with Crippen LogP contribution in [-0.4, -0.2) is 48.1 Å². The van der Waals surface area contributed by atoms with Crippen LogP contribution in [0.25, 0.3) is 10.8 Å². The highest BCUT2D eigenvalue weighted by Crippen LogP contribution is 2.22. The molecule has 4 nitrogen and oxygen atoms in total. The lowest BCUT2D eigenvalue weighted by Crippen LogP contribution is -2.55. The van der Waals surface area contributed by atoms with E-state index in [-0.39, 0.29) is 5.97 Å². The Labute approximate surface area is 179 Å². The van der Waals surface area contributed by atoms with E-state index in [0.717, 1.165) is 26.2 Å². The minimum atomic E-state index is -0.286. The lowest BCUT2D eigenvalue weighted by Gasteiger charge is -2.44. The molecule has 0 spiro atoms. The zero-order chi connectivity index (χ0) is 21.1. The zero-order valence-corrected chi connectivity index (χ0v) is 18.0. The number of benzene rings is 3. The van der Waals surface area contributed by atoms with Gasteiger partial charge in [0.15, 0.2) is 0 Å². The first-order valence-corrected chi connectivity index (χ1v) is 10.7. The fourth-order valence-electron chi connectivity index (χ4n) is 4.58. The van der Waals surface area contributed by atoms with Crippen molar-refractivity contribution in [3.8, 4) is 0 Å². The molecule has 4 rings (SSSR count). The van der Waals surface area contributed by atoms with E-state index in [1.165, 1.54) is 29.0 Å². The lowest BCUT2D eigenvalue weighted by atomic mass is 10.0. The van der Waals surface area contributed by atoms with Crippen molar-refractivity contribution in [2.45, 2.75) is 39.0 Å². The second-order valence-electron chi connectivity index (χ2n) is 8.43. The average Bonchev–Trinajstić information content (AvgIpc) is 2.76. The number of carbonyl (C=O) groups excluding carboxylic acids is 1. The van der Waals surface area contributed by atoms with Gasteiger partial charge < -0.3 is 4.74 Å². The van der Waals surface area contributed by atoms with Crippen molar-refractivity contribution in [1.29, 1.82) is 0 Å². The lowest BCUT2D eigenvalue weighted by molar-refractivity contribution is 0.0290. The van der Waals surface area contributed by atoms with Crippen LogP contribution in [0.2, 0.25) is 0 Å². The van der Waals surface area contributed by atoms with Crippen LogP contribution in [0.1, 0.15) is 35.3 Å². The van der Waals surface area contributed by atoms with Crippen molar-refractivity contribution in [2.75, 3.05) is 20.2 Å². The predicted molar refractivity (Wildman–Crippen MR) is 121 cm³/mol. The van der Waals surface area contributed by atoms with Crippen molar-refractivity contribution in [3.05, 3.63) is 83.4 Å². The summed E-state index contributed by atoms with van der Waals surface area (Å²) < 4.78 is 4.79. The van der Waals surface area contributed by atoms with Crippen LogP contribution in [0, 0.1) is 0 Å². The summed E-state index contributed by atoms with van der Waals surface area (Å²) in [5.41, 5.74) is 3.20. The predicted octanol–water partition coefficient (Wildman–Crippen LogP) is 4.72. The van der Waals surface area contributed by atoms with Gasteiger partial charge in [-0.1, -0.05) is 48.5 Å². The van der Waals surface area contributed by atoms with Crippen LogP contribution in [0.3, 0.4) is 0 Å². The van der Waals surface area contributed by atoms with E-state index in [0.29, 0.717) is 17.6 Å². The zero-order valence-electron chi connectivity index (χ0n) is 18.0. The van der Waals surface area contributed by atoms with Crippen molar-refractivity contribution >= 4 is 16.7 Å². The Morgan fingerprint density at radius 3 is 2.17 bits per heavy atom. The van der Waals surface area contributed by atoms with E-state index in [4.69, 9.17) is 4.74 Å². The van der Waals surface area contributed by atoms with Crippen molar-refractivity contribution in [2.24, 2.45) is 0 Å². The van der Waals surface area contributed by atoms with Gasteiger partial charge in [-0.25, -0.2) is 4.79 Å². The van der Waals surface area contributed by atoms with Crippen molar-refractivity contribution in [1.82, 2.24) is 9.80 Å². The molecule has 0 amide bonds. The molecule has 0 saturated carbocycles. The number of rotatable bonds is 5. The Balaban J connectivity index is 1.39. The van der Waals surface area contributed by atoms with Gasteiger partial charge in [-0.2, -0.15) is 0 Å². The summed E-state index contributed by atoms with van der Waals surface area (Å²) in [6.07, 6.45) is 0. The number of piperazine rings is 1. The standard InChI is InChI=1S/C26H30N2O2/c1-19-15-27(17-22-10-11-23-6-4-5-7-25(23)14-22)16-20(2)28(19)18-21-8-12-24(13-9-21)26(29)30-3/h4-14,19-20H,15-18H2,1-3H3/t19-,20+. The number of nitrogens with zero attached hydrogens (tertiary/aromatic N) is 2. The largest absolute Gasteiger partial charge is 0.465 e. The first-order chi connectivity index (χ1) is 14.5. The number of fused-ring (bicyclic) bond motifs is 1. The smallest absolute Gasteiger partial charge is 0.337 e. The highest BCUT2D eigenvalue weighted by molar-refractivity contribution is 5.89. The molecule has 1 aliphatic rings. The van der Waals surface area contributed by atoms with Gasteiger partial charge in [0, 0.05) is 38.3 Å². The summed E-state index contributed by atoms with van der Waals surface area (Å²) in [6.45, 7) is 8.61. The Morgan fingerprint density at radius 2 is 1.50 bits per heavy atom. The molecule has 3 aromatic rings. The fourth-order valence-corrected chi connectivity index (χ4v) is 4.58. The third kappa shape index (κ3) is 4.55. The minimum absolute atomic E-state index is 0.286. The number of carbonyl (C=O) groups is 1. The molecule has 1 aliphatic heterocycles. The van der Waals surface area contributed by atoms with Gasteiger partial charge in [-0.05, 0) is 53.9 Å². The Hall–Kier alpha value is -2.69. The molecule has 1 heterocycles. The summed E-state index contributed by atoms with van der Waals surface area (Å²) in [5.74, 6) is -0.286. The average molecular weight is 403 g/mol. The van der Waals surface area contributed by atoms with Crippen molar-refractivity contribution < 1.29 is 9.53 Å². The minimum Gasteiger partial charge on any atom is -0.465 e. The fraction of sp³-hybridized carbons (Fsp3) is 0.346. The van der Waals surface area contributed by atoms with E-state index < -0.39 is 0 Å². The molecule has 3 aromatic carbocycles. The number of ether oxygens (including phenoxy) is 1. The highest BCUT2D eigenvalue weighted by atomic mass is 16.5.